The highest BCUT2D eigenvalue weighted by Crippen LogP contribution is 2.31. The van der Waals surface area contributed by atoms with Crippen molar-refractivity contribution in [1.29, 1.82) is 0 Å². The van der Waals surface area contributed by atoms with E-state index in [0.29, 0.717) is 38.8 Å². The van der Waals surface area contributed by atoms with E-state index in [4.69, 9.17) is 0 Å². The van der Waals surface area contributed by atoms with Gasteiger partial charge >= 0.3 is 0 Å². The molecule has 0 aliphatic carbocycles. The number of benzene rings is 2. The van der Waals surface area contributed by atoms with Crippen LogP contribution >= 0.6 is 0 Å². The molecule has 1 N–H and O–H groups in total. The third-order valence-corrected chi connectivity index (χ3v) is 7.17. The topological polar surface area (TPSA) is 75.4 Å². The number of amides is 1. The average molecular weight is 494 g/mol. The third kappa shape index (κ3) is 5.87. The van der Waals surface area contributed by atoms with E-state index in [1.807, 2.05) is 83.9 Å². The predicted octanol–water partition coefficient (Wildman–Crippen LogP) is 4.56. The molecule has 188 valence electrons. The molecule has 0 spiro atoms. The quantitative estimate of drug-likeness (QED) is 0.409. The van der Waals surface area contributed by atoms with Crippen molar-refractivity contribution in [1.82, 2.24) is 14.5 Å². The number of hydrogen-bond donors (Lipinski definition) is 1. The van der Waals surface area contributed by atoms with Gasteiger partial charge in [0.25, 0.3) is 5.56 Å². The van der Waals surface area contributed by atoms with Crippen molar-refractivity contribution in [2.24, 2.45) is 0 Å². The summed E-state index contributed by atoms with van der Waals surface area (Å²) in [5.41, 5.74) is 3.50. The highest BCUT2D eigenvalue weighted by atomic mass is 16.3. The number of likely N-dealkylation sites (tertiary alicyclic amines) is 1. The van der Waals surface area contributed by atoms with E-state index in [0.717, 1.165) is 27.8 Å². The molecule has 37 heavy (non-hydrogen) atoms. The fraction of sp³-hybridized carbons (Fsp3) is 0.258. The van der Waals surface area contributed by atoms with Crippen molar-refractivity contribution in [2.45, 2.75) is 37.8 Å². The third-order valence-electron chi connectivity index (χ3n) is 7.17. The largest absolute Gasteiger partial charge is 0.388 e. The molecule has 0 radical (unpaired) electrons. The van der Waals surface area contributed by atoms with Crippen LogP contribution in [0.2, 0.25) is 0 Å². The van der Waals surface area contributed by atoms with Gasteiger partial charge in [-0.15, -0.1) is 0 Å². The zero-order valence-electron chi connectivity index (χ0n) is 20.8. The van der Waals surface area contributed by atoms with Gasteiger partial charge in [0.15, 0.2) is 0 Å². The maximum Gasteiger partial charge on any atom is 0.251 e. The van der Waals surface area contributed by atoms with Gasteiger partial charge in [0.05, 0.1) is 12.1 Å². The number of pyridine rings is 2. The average Bonchev–Trinajstić information content (AvgIpc) is 2.94. The lowest BCUT2D eigenvalue weighted by Gasteiger charge is -2.38. The van der Waals surface area contributed by atoms with Gasteiger partial charge < -0.3 is 14.6 Å². The number of aryl methyl sites for hydroxylation is 1. The molecule has 2 aromatic heterocycles. The Bertz CT molecular complexity index is 1390. The van der Waals surface area contributed by atoms with E-state index >= 15 is 0 Å². The monoisotopic (exact) mass is 493 g/mol. The van der Waals surface area contributed by atoms with Crippen LogP contribution in [0.5, 0.6) is 0 Å². The molecule has 6 nitrogen and oxygen atoms in total. The van der Waals surface area contributed by atoms with Crippen molar-refractivity contribution in [3.8, 4) is 22.3 Å². The standard InChI is InChI=1S/C31H31N3O3/c35-29(14-13-24-8-3-1-4-9-24)33-18-15-31(37,16-19-33)23-34-22-28(26-12-7-17-32-21-26)27(20-30(34)36)25-10-5-2-6-11-25/h1-12,17,20-22,37H,13-16,18-19,23H2. The summed E-state index contributed by atoms with van der Waals surface area (Å²) in [5.74, 6) is 0.106. The maximum absolute atomic E-state index is 13.2. The number of aliphatic hydroxyl groups is 1. The van der Waals surface area contributed by atoms with Crippen LogP contribution in [0.15, 0.2) is 102 Å². The van der Waals surface area contributed by atoms with Crippen LogP contribution in [0.25, 0.3) is 22.3 Å². The van der Waals surface area contributed by atoms with E-state index in [9.17, 15) is 14.7 Å². The summed E-state index contributed by atoms with van der Waals surface area (Å²) >= 11 is 0. The fourth-order valence-corrected chi connectivity index (χ4v) is 5.01. The zero-order chi connectivity index (χ0) is 25.7. The predicted molar refractivity (Wildman–Crippen MR) is 145 cm³/mol. The molecule has 1 amide bonds. The number of rotatable bonds is 7. The Balaban J connectivity index is 1.31. The summed E-state index contributed by atoms with van der Waals surface area (Å²) in [4.78, 5) is 32.0. The van der Waals surface area contributed by atoms with Gasteiger partial charge in [0.2, 0.25) is 5.91 Å². The van der Waals surface area contributed by atoms with Crippen molar-refractivity contribution in [2.75, 3.05) is 13.1 Å². The number of piperidine rings is 1. The lowest BCUT2D eigenvalue weighted by Crippen LogP contribution is -2.49. The molecule has 4 aromatic rings. The minimum atomic E-state index is -1.06. The van der Waals surface area contributed by atoms with E-state index in [2.05, 4.69) is 4.98 Å². The van der Waals surface area contributed by atoms with Crippen molar-refractivity contribution < 1.29 is 9.90 Å². The second kappa shape index (κ2) is 10.9. The first kappa shape index (κ1) is 24.7. The Labute approximate surface area is 216 Å². The fourth-order valence-electron chi connectivity index (χ4n) is 5.01. The number of hydrogen-bond acceptors (Lipinski definition) is 4. The summed E-state index contributed by atoms with van der Waals surface area (Å²) in [7, 11) is 0. The van der Waals surface area contributed by atoms with Crippen molar-refractivity contribution in [3.05, 3.63) is 113 Å². The van der Waals surface area contributed by atoms with E-state index in [1.54, 1.807) is 23.0 Å². The molecular weight excluding hydrogens is 462 g/mol. The van der Waals surface area contributed by atoms with E-state index in [1.165, 1.54) is 0 Å². The Morgan fingerprint density at radius 3 is 2.24 bits per heavy atom. The Morgan fingerprint density at radius 2 is 1.57 bits per heavy atom. The van der Waals surface area contributed by atoms with Crippen LogP contribution in [0, 0.1) is 0 Å². The van der Waals surface area contributed by atoms with Crippen LogP contribution < -0.4 is 5.56 Å². The first-order valence-corrected chi connectivity index (χ1v) is 12.8. The second-order valence-corrected chi connectivity index (χ2v) is 9.77. The highest BCUT2D eigenvalue weighted by molar-refractivity contribution is 5.82. The molecule has 0 atom stereocenters. The molecule has 1 aliphatic heterocycles. The molecule has 5 rings (SSSR count). The smallest absolute Gasteiger partial charge is 0.251 e. The summed E-state index contributed by atoms with van der Waals surface area (Å²) < 4.78 is 1.60. The van der Waals surface area contributed by atoms with Crippen molar-refractivity contribution in [3.63, 3.8) is 0 Å². The molecule has 3 heterocycles. The molecule has 0 unspecified atom stereocenters. The lowest BCUT2D eigenvalue weighted by molar-refractivity contribution is -0.135. The van der Waals surface area contributed by atoms with Crippen LogP contribution in [0.4, 0.5) is 0 Å². The molecule has 0 bridgehead atoms. The summed E-state index contributed by atoms with van der Waals surface area (Å²) in [6.45, 7) is 1.15. The van der Waals surface area contributed by atoms with Gasteiger partial charge in [0.1, 0.15) is 0 Å². The van der Waals surface area contributed by atoms with E-state index in [-0.39, 0.29) is 18.0 Å². The van der Waals surface area contributed by atoms with E-state index < -0.39 is 5.60 Å². The van der Waals surface area contributed by atoms with Crippen LogP contribution in [0.3, 0.4) is 0 Å². The minimum absolute atomic E-state index is 0.106. The second-order valence-electron chi connectivity index (χ2n) is 9.77. The summed E-state index contributed by atoms with van der Waals surface area (Å²) in [5, 5.41) is 11.4. The number of carbonyl (C=O) groups excluding carboxylic acids is 1. The molecule has 1 aliphatic rings. The molecule has 1 fully saturated rings. The van der Waals surface area contributed by atoms with Gasteiger partial charge in [-0.3, -0.25) is 14.6 Å². The number of nitrogens with zero attached hydrogens (tertiary/aromatic N) is 3. The SMILES string of the molecule is O=C(CCc1ccccc1)N1CCC(O)(Cn2cc(-c3cccnc3)c(-c3ccccc3)cc2=O)CC1. The van der Waals surface area contributed by atoms with Crippen molar-refractivity contribution >= 4 is 5.91 Å². The highest BCUT2D eigenvalue weighted by Gasteiger charge is 2.34. The minimum Gasteiger partial charge on any atom is -0.388 e. The Kier molecular flexibility index (Phi) is 7.28. The normalized spacial score (nSPS) is 14.9. The maximum atomic E-state index is 13.2. The number of carbonyl (C=O) groups is 1. The van der Waals surface area contributed by atoms with Crippen LogP contribution in [-0.4, -0.2) is 44.2 Å². The molecular formula is C31H31N3O3. The van der Waals surface area contributed by atoms with Gasteiger partial charge in [-0.1, -0.05) is 66.7 Å². The van der Waals surface area contributed by atoms with Gasteiger partial charge in [-0.05, 0) is 42.0 Å². The van der Waals surface area contributed by atoms with Gasteiger partial charge in [0, 0.05) is 55.3 Å². The Morgan fingerprint density at radius 1 is 0.892 bits per heavy atom. The molecule has 2 aromatic carbocycles. The van der Waals surface area contributed by atoms with Crippen LogP contribution in [-0.2, 0) is 17.8 Å². The summed E-state index contributed by atoms with van der Waals surface area (Å²) in [6.07, 6.45) is 7.36. The molecule has 0 saturated carbocycles. The lowest BCUT2D eigenvalue weighted by atomic mass is 9.90. The number of aromatic nitrogens is 2. The van der Waals surface area contributed by atoms with Gasteiger partial charge in [-0.25, -0.2) is 0 Å². The van der Waals surface area contributed by atoms with Crippen LogP contribution in [0.1, 0.15) is 24.8 Å². The first-order valence-electron chi connectivity index (χ1n) is 12.8. The van der Waals surface area contributed by atoms with Gasteiger partial charge in [-0.2, -0.15) is 0 Å². The molecule has 6 heteroatoms. The molecule has 1 saturated heterocycles. The first-order chi connectivity index (χ1) is 18.0. The zero-order valence-corrected chi connectivity index (χ0v) is 20.8. The summed E-state index contributed by atoms with van der Waals surface area (Å²) in [6, 6.07) is 25.3. The Hall–Kier alpha value is -4.03.